The molecule has 0 aromatic rings. The third-order valence-electron chi connectivity index (χ3n) is 3.54. The van der Waals surface area contributed by atoms with E-state index in [-0.39, 0.29) is 16.2 Å². The maximum Gasteiger partial charge on any atom is 0.330 e. The maximum atomic E-state index is 11.3. The number of esters is 1. The third-order valence-corrected chi connectivity index (χ3v) is 4.81. The molecule has 0 aromatic carbocycles. The van der Waals surface area contributed by atoms with E-state index >= 15 is 0 Å². The van der Waals surface area contributed by atoms with Gasteiger partial charge in [-0.05, 0) is 46.0 Å². The Balaban J connectivity index is 4.21. The fraction of sp³-hybridized carbons (Fsp3) is 0.824. The van der Waals surface area contributed by atoms with Gasteiger partial charge in [0.25, 0.3) is 0 Å². The Hall–Kier alpha value is -0.210. The monoisotopic (exact) mass is 336 g/mol. The first-order valence-electron chi connectivity index (χ1n) is 7.86. The minimum Gasteiger partial charge on any atom is -0.463 e. The summed E-state index contributed by atoms with van der Waals surface area (Å²) in [7, 11) is 0. The van der Waals surface area contributed by atoms with Crippen LogP contribution in [0.2, 0.25) is 0 Å². The molecule has 0 heterocycles. The van der Waals surface area contributed by atoms with Gasteiger partial charge in [-0.25, -0.2) is 4.79 Å². The topological polar surface area (TPSA) is 26.3 Å². The fourth-order valence-electron chi connectivity index (χ4n) is 2.13. The van der Waals surface area contributed by atoms with Gasteiger partial charge >= 0.3 is 5.97 Å². The smallest absolute Gasteiger partial charge is 0.330 e. The number of carbonyl (C=O) groups is 1. The minimum absolute atomic E-state index is 0.100. The molecule has 0 rings (SSSR count). The summed E-state index contributed by atoms with van der Waals surface area (Å²) in [5.74, 6) is 0.410. The van der Waals surface area contributed by atoms with Crippen molar-refractivity contribution in [2.24, 2.45) is 5.92 Å². The molecule has 0 aliphatic carbocycles. The number of allylic oxidation sites excluding steroid dienone is 1. The first-order chi connectivity index (χ1) is 9.69. The molecule has 2 nitrogen and oxygen atoms in total. The van der Waals surface area contributed by atoms with Gasteiger partial charge < -0.3 is 4.74 Å². The molecule has 0 saturated carbocycles. The zero-order chi connectivity index (χ0) is 16.5. The summed E-state index contributed by atoms with van der Waals surface area (Å²) in [5, 5.41) is -0.100. The van der Waals surface area contributed by atoms with Crippen molar-refractivity contribution in [3.63, 3.8) is 0 Å². The van der Waals surface area contributed by atoms with E-state index in [0.717, 1.165) is 31.3 Å². The summed E-state index contributed by atoms with van der Waals surface area (Å²) in [6.45, 7) is 10.6. The molecule has 2 unspecified atom stereocenters. The van der Waals surface area contributed by atoms with Crippen LogP contribution in [0.5, 0.6) is 0 Å². The number of hydrogen-bond donors (Lipinski definition) is 0. The van der Waals surface area contributed by atoms with Crippen LogP contribution in [0.1, 0.15) is 66.7 Å². The average molecular weight is 337 g/mol. The normalized spacial score (nSPS) is 16.7. The lowest BCUT2D eigenvalue weighted by molar-refractivity contribution is -0.137. The second-order valence-corrected chi connectivity index (χ2v) is 7.70. The van der Waals surface area contributed by atoms with Crippen LogP contribution < -0.4 is 0 Å². The van der Waals surface area contributed by atoms with Crippen molar-refractivity contribution in [2.75, 3.05) is 6.61 Å². The predicted molar refractivity (Wildman–Crippen MR) is 92.2 cm³/mol. The molecule has 124 valence electrons. The van der Waals surface area contributed by atoms with Gasteiger partial charge in [-0.2, -0.15) is 0 Å². The summed E-state index contributed by atoms with van der Waals surface area (Å²) in [6, 6.07) is 0. The van der Waals surface area contributed by atoms with E-state index in [1.165, 1.54) is 12.5 Å². The van der Waals surface area contributed by atoms with Gasteiger partial charge in [0, 0.05) is 6.08 Å². The van der Waals surface area contributed by atoms with E-state index in [1.807, 2.05) is 13.8 Å². The van der Waals surface area contributed by atoms with Crippen molar-refractivity contribution in [3.05, 3.63) is 11.6 Å². The molecular weight excluding hydrogens is 307 g/mol. The Bertz CT molecular complexity index is 336. The van der Waals surface area contributed by atoms with Crippen LogP contribution in [0, 0.1) is 5.92 Å². The Kier molecular flexibility index (Phi) is 10.4. The van der Waals surface area contributed by atoms with Crippen molar-refractivity contribution in [1.29, 1.82) is 0 Å². The number of hydrogen-bond acceptors (Lipinski definition) is 2. The van der Waals surface area contributed by atoms with Crippen molar-refractivity contribution in [2.45, 2.75) is 77.0 Å². The van der Waals surface area contributed by atoms with E-state index in [0.29, 0.717) is 12.5 Å². The summed E-state index contributed by atoms with van der Waals surface area (Å²) >= 11 is 13.0. The maximum absolute atomic E-state index is 11.3. The Morgan fingerprint density at radius 3 is 2.48 bits per heavy atom. The van der Waals surface area contributed by atoms with E-state index in [2.05, 4.69) is 13.8 Å². The van der Waals surface area contributed by atoms with Crippen LogP contribution in [0.3, 0.4) is 0 Å². The molecule has 0 fully saturated rings. The van der Waals surface area contributed by atoms with E-state index in [4.69, 9.17) is 27.9 Å². The summed E-state index contributed by atoms with van der Waals surface area (Å²) in [4.78, 5) is 11.0. The van der Waals surface area contributed by atoms with Crippen LogP contribution in [0.4, 0.5) is 0 Å². The molecule has 0 aliphatic heterocycles. The molecule has 2 atom stereocenters. The first kappa shape index (κ1) is 20.8. The van der Waals surface area contributed by atoms with Gasteiger partial charge in [-0.1, -0.05) is 32.3 Å². The SMILES string of the molecule is CCOC(=O)/C=C(\C)CCC(Cl)C(C)(Cl)CCCC(C)C. The number of ether oxygens (including phenoxy) is 1. The van der Waals surface area contributed by atoms with Gasteiger partial charge in [0.2, 0.25) is 0 Å². The molecule has 0 aromatic heterocycles. The molecule has 0 spiro atoms. The number of halogens is 2. The number of carbonyl (C=O) groups excluding carboxylic acids is 1. The highest BCUT2D eigenvalue weighted by atomic mass is 35.5. The first-order valence-corrected chi connectivity index (χ1v) is 8.67. The Morgan fingerprint density at radius 1 is 1.33 bits per heavy atom. The van der Waals surface area contributed by atoms with Crippen molar-refractivity contribution >= 4 is 29.2 Å². The van der Waals surface area contributed by atoms with Crippen molar-refractivity contribution < 1.29 is 9.53 Å². The Labute approximate surface area is 140 Å². The molecule has 0 amide bonds. The second kappa shape index (κ2) is 10.5. The fourth-order valence-corrected chi connectivity index (χ4v) is 2.59. The summed E-state index contributed by atoms with van der Waals surface area (Å²) in [5.41, 5.74) is 0.980. The average Bonchev–Trinajstić information content (AvgIpc) is 2.35. The summed E-state index contributed by atoms with van der Waals surface area (Å²) in [6.07, 6.45) is 6.26. The molecule has 21 heavy (non-hydrogen) atoms. The lowest BCUT2D eigenvalue weighted by Gasteiger charge is -2.28. The molecule has 4 heteroatoms. The van der Waals surface area contributed by atoms with E-state index < -0.39 is 0 Å². The van der Waals surface area contributed by atoms with Crippen LogP contribution in [-0.4, -0.2) is 22.8 Å². The lowest BCUT2D eigenvalue weighted by Crippen LogP contribution is -2.29. The van der Waals surface area contributed by atoms with Gasteiger partial charge in [0.1, 0.15) is 0 Å². The quantitative estimate of drug-likeness (QED) is 0.290. The third kappa shape index (κ3) is 10.2. The lowest BCUT2D eigenvalue weighted by atomic mass is 9.93. The molecule has 0 radical (unpaired) electrons. The van der Waals surface area contributed by atoms with Crippen LogP contribution >= 0.6 is 23.2 Å². The molecule has 0 aliphatic rings. The highest BCUT2D eigenvalue weighted by molar-refractivity contribution is 6.32. The van der Waals surface area contributed by atoms with Crippen LogP contribution in [0.15, 0.2) is 11.6 Å². The molecule has 0 bridgehead atoms. The molecule has 0 N–H and O–H groups in total. The minimum atomic E-state index is -0.388. The standard InChI is InChI=1S/C17H30Cl2O2/c1-6-21-16(20)12-14(4)9-10-15(18)17(5,19)11-7-8-13(2)3/h12-13,15H,6-11H2,1-5H3/b14-12+. The van der Waals surface area contributed by atoms with Crippen LogP contribution in [-0.2, 0) is 9.53 Å². The van der Waals surface area contributed by atoms with E-state index in [9.17, 15) is 4.79 Å². The second-order valence-electron chi connectivity index (χ2n) is 6.31. The predicted octanol–water partition coefficient (Wildman–Crippen LogP) is 5.71. The number of alkyl halides is 2. The van der Waals surface area contributed by atoms with Crippen molar-refractivity contribution in [1.82, 2.24) is 0 Å². The molecule has 0 saturated heterocycles. The highest BCUT2D eigenvalue weighted by Gasteiger charge is 2.29. The van der Waals surface area contributed by atoms with E-state index in [1.54, 1.807) is 6.92 Å². The van der Waals surface area contributed by atoms with Gasteiger partial charge in [0.15, 0.2) is 0 Å². The van der Waals surface area contributed by atoms with Gasteiger partial charge in [-0.3, -0.25) is 0 Å². The van der Waals surface area contributed by atoms with Crippen LogP contribution in [0.25, 0.3) is 0 Å². The summed E-state index contributed by atoms with van der Waals surface area (Å²) < 4.78 is 4.89. The van der Waals surface area contributed by atoms with Gasteiger partial charge in [0.05, 0.1) is 16.9 Å². The highest BCUT2D eigenvalue weighted by Crippen LogP contribution is 2.33. The Morgan fingerprint density at radius 2 is 1.95 bits per heavy atom. The number of rotatable bonds is 10. The van der Waals surface area contributed by atoms with Crippen molar-refractivity contribution in [3.8, 4) is 0 Å². The largest absolute Gasteiger partial charge is 0.463 e. The zero-order valence-corrected chi connectivity index (χ0v) is 15.6. The van der Waals surface area contributed by atoms with Gasteiger partial charge in [-0.15, -0.1) is 23.2 Å². The zero-order valence-electron chi connectivity index (χ0n) is 14.0. The molecular formula is C17H30Cl2O2.